The molecule has 3 heteroatoms. The van der Waals surface area contributed by atoms with Crippen LogP contribution in [0.25, 0.3) is 0 Å². The van der Waals surface area contributed by atoms with E-state index < -0.39 is 0 Å². The van der Waals surface area contributed by atoms with Crippen LogP contribution >= 0.6 is 0 Å². The van der Waals surface area contributed by atoms with Gasteiger partial charge in [0.1, 0.15) is 0 Å². The Labute approximate surface area is 74.1 Å². The molecule has 1 heterocycles. The maximum atomic E-state index is 11.0. The van der Waals surface area contributed by atoms with Crippen LogP contribution in [0, 0.1) is 0 Å². The third-order valence-electron chi connectivity index (χ3n) is 2.17. The zero-order valence-corrected chi connectivity index (χ0v) is 7.81. The second kappa shape index (κ2) is 5.14. The van der Waals surface area contributed by atoms with Gasteiger partial charge in [-0.1, -0.05) is 6.92 Å². The molecule has 1 saturated heterocycles. The van der Waals surface area contributed by atoms with Gasteiger partial charge in [0, 0.05) is 19.5 Å². The zero-order valence-electron chi connectivity index (χ0n) is 7.81. The molecule has 0 spiro atoms. The van der Waals surface area contributed by atoms with E-state index in [1.165, 1.54) is 6.42 Å². The summed E-state index contributed by atoms with van der Waals surface area (Å²) in [4.78, 5) is 13.4. The van der Waals surface area contributed by atoms with Crippen molar-refractivity contribution < 1.29 is 4.79 Å². The summed E-state index contributed by atoms with van der Waals surface area (Å²) in [5.41, 5.74) is 0. The van der Waals surface area contributed by atoms with Crippen LogP contribution in [-0.4, -0.2) is 37.0 Å². The maximum Gasteiger partial charge on any atom is 0.220 e. The minimum atomic E-state index is 0.214. The SMILES string of the molecule is CCCN1CCCC(=O)NCC1. The van der Waals surface area contributed by atoms with Crippen LogP contribution in [-0.2, 0) is 4.79 Å². The highest BCUT2D eigenvalue weighted by atomic mass is 16.1. The first-order valence-electron chi connectivity index (χ1n) is 4.82. The first-order chi connectivity index (χ1) is 5.83. The summed E-state index contributed by atoms with van der Waals surface area (Å²) < 4.78 is 0. The Morgan fingerprint density at radius 1 is 1.50 bits per heavy atom. The molecule has 1 aliphatic rings. The fourth-order valence-electron chi connectivity index (χ4n) is 1.56. The van der Waals surface area contributed by atoms with E-state index in [1.54, 1.807) is 0 Å². The molecule has 1 N–H and O–H groups in total. The summed E-state index contributed by atoms with van der Waals surface area (Å²) in [6.07, 6.45) is 2.90. The van der Waals surface area contributed by atoms with Crippen LogP contribution in [0.2, 0.25) is 0 Å². The number of nitrogens with one attached hydrogen (secondary N) is 1. The van der Waals surface area contributed by atoms with Crippen molar-refractivity contribution in [2.24, 2.45) is 0 Å². The van der Waals surface area contributed by atoms with E-state index in [-0.39, 0.29) is 5.91 Å². The van der Waals surface area contributed by atoms with Crippen molar-refractivity contribution in [3.63, 3.8) is 0 Å². The molecule has 3 nitrogen and oxygen atoms in total. The number of rotatable bonds is 2. The normalized spacial score (nSPS) is 21.2. The molecule has 12 heavy (non-hydrogen) atoms. The van der Waals surface area contributed by atoms with Gasteiger partial charge in [0.25, 0.3) is 0 Å². The van der Waals surface area contributed by atoms with E-state index in [4.69, 9.17) is 0 Å². The number of carbonyl (C=O) groups is 1. The fraction of sp³-hybridized carbons (Fsp3) is 0.889. The summed E-state index contributed by atoms with van der Waals surface area (Å²) in [6.45, 7) is 6.27. The summed E-state index contributed by atoms with van der Waals surface area (Å²) in [7, 11) is 0. The number of nitrogens with zero attached hydrogens (tertiary/aromatic N) is 1. The minimum absolute atomic E-state index is 0.214. The van der Waals surface area contributed by atoms with Crippen LogP contribution in [0.4, 0.5) is 0 Å². The highest BCUT2D eigenvalue weighted by Gasteiger charge is 2.09. The van der Waals surface area contributed by atoms with Crippen molar-refractivity contribution in [2.75, 3.05) is 26.2 Å². The Morgan fingerprint density at radius 2 is 2.33 bits per heavy atom. The molecule has 1 rings (SSSR count). The van der Waals surface area contributed by atoms with Gasteiger partial charge in [0.15, 0.2) is 0 Å². The minimum Gasteiger partial charge on any atom is -0.355 e. The van der Waals surface area contributed by atoms with E-state index in [2.05, 4.69) is 17.1 Å². The summed E-state index contributed by atoms with van der Waals surface area (Å²) in [5.74, 6) is 0.214. The predicted octanol–water partition coefficient (Wildman–Crippen LogP) is 0.608. The third-order valence-corrected chi connectivity index (χ3v) is 2.17. The van der Waals surface area contributed by atoms with Gasteiger partial charge in [-0.3, -0.25) is 4.79 Å². The summed E-state index contributed by atoms with van der Waals surface area (Å²) >= 11 is 0. The second-order valence-electron chi connectivity index (χ2n) is 3.30. The highest BCUT2D eigenvalue weighted by molar-refractivity contribution is 5.75. The van der Waals surface area contributed by atoms with Gasteiger partial charge in [0.05, 0.1) is 0 Å². The molecule has 1 aliphatic heterocycles. The average Bonchev–Trinajstić information content (AvgIpc) is 2.00. The van der Waals surface area contributed by atoms with Crippen molar-refractivity contribution in [2.45, 2.75) is 26.2 Å². The van der Waals surface area contributed by atoms with Crippen LogP contribution in [0.1, 0.15) is 26.2 Å². The standard InChI is InChI=1S/C9H18N2O/c1-2-6-11-7-3-4-9(12)10-5-8-11/h2-8H2,1H3,(H,10,12). The van der Waals surface area contributed by atoms with Crippen LogP contribution in [0.15, 0.2) is 0 Å². The van der Waals surface area contributed by atoms with E-state index in [9.17, 15) is 4.79 Å². The number of carbonyl (C=O) groups excluding carboxylic acids is 1. The molecule has 0 unspecified atom stereocenters. The van der Waals surface area contributed by atoms with Crippen molar-refractivity contribution in [1.82, 2.24) is 10.2 Å². The van der Waals surface area contributed by atoms with Gasteiger partial charge in [-0.25, -0.2) is 0 Å². The lowest BCUT2D eigenvalue weighted by molar-refractivity contribution is -0.121. The molecule has 0 aromatic rings. The van der Waals surface area contributed by atoms with Gasteiger partial charge in [-0.2, -0.15) is 0 Å². The number of hydrogen-bond donors (Lipinski definition) is 1. The van der Waals surface area contributed by atoms with Crippen molar-refractivity contribution in [3.8, 4) is 0 Å². The molecular formula is C9H18N2O. The predicted molar refractivity (Wildman–Crippen MR) is 49.0 cm³/mol. The lowest BCUT2D eigenvalue weighted by atomic mass is 10.2. The van der Waals surface area contributed by atoms with E-state index in [0.29, 0.717) is 6.42 Å². The van der Waals surface area contributed by atoms with E-state index in [1.807, 2.05) is 0 Å². The Kier molecular flexibility index (Phi) is 4.08. The van der Waals surface area contributed by atoms with Crippen molar-refractivity contribution in [1.29, 1.82) is 0 Å². The molecular weight excluding hydrogens is 152 g/mol. The molecule has 1 fully saturated rings. The molecule has 0 saturated carbocycles. The highest BCUT2D eigenvalue weighted by Crippen LogP contribution is 1.99. The first-order valence-corrected chi connectivity index (χ1v) is 4.82. The molecule has 0 atom stereocenters. The van der Waals surface area contributed by atoms with Gasteiger partial charge >= 0.3 is 0 Å². The Hall–Kier alpha value is -0.570. The van der Waals surface area contributed by atoms with Crippen LogP contribution in [0.3, 0.4) is 0 Å². The largest absolute Gasteiger partial charge is 0.355 e. The average molecular weight is 170 g/mol. The first kappa shape index (κ1) is 9.52. The van der Waals surface area contributed by atoms with Crippen LogP contribution in [0.5, 0.6) is 0 Å². The van der Waals surface area contributed by atoms with E-state index in [0.717, 1.165) is 32.6 Å². The van der Waals surface area contributed by atoms with Crippen molar-refractivity contribution >= 4 is 5.91 Å². The molecule has 0 aliphatic carbocycles. The Morgan fingerprint density at radius 3 is 3.08 bits per heavy atom. The summed E-state index contributed by atoms with van der Waals surface area (Å²) in [5, 5.41) is 2.89. The Bertz CT molecular complexity index is 135. The van der Waals surface area contributed by atoms with Crippen LogP contribution < -0.4 is 5.32 Å². The molecule has 0 aromatic heterocycles. The lowest BCUT2D eigenvalue weighted by Crippen LogP contribution is -2.38. The van der Waals surface area contributed by atoms with E-state index >= 15 is 0 Å². The molecule has 0 aromatic carbocycles. The number of amides is 1. The molecule has 0 bridgehead atoms. The number of hydrogen-bond acceptors (Lipinski definition) is 2. The van der Waals surface area contributed by atoms with Gasteiger partial charge < -0.3 is 10.2 Å². The van der Waals surface area contributed by atoms with Gasteiger partial charge in [-0.15, -0.1) is 0 Å². The third kappa shape index (κ3) is 3.22. The maximum absolute atomic E-state index is 11.0. The topological polar surface area (TPSA) is 32.3 Å². The fourth-order valence-corrected chi connectivity index (χ4v) is 1.56. The van der Waals surface area contributed by atoms with Crippen molar-refractivity contribution in [3.05, 3.63) is 0 Å². The smallest absolute Gasteiger partial charge is 0.220 e. The monoisotopic (exact) mass is 170 g/mol. The lowest BCUT2D eigenvalue weighted by Gasteiger charge is -2.23. The van der Waals surface area contributed by atoms with Gasteiger partial charge in [-0.05, 0) is 25.9 Å². The quantitative estimate of drug-likeness (QED) is 0.658. The second-order valence-corrected chi connectivity index (χ2v) is 3.30. The zero-order chi connectivity index (χ0) is 8.81. The molecule has 70 valence electrons. The summed E-state index contributed by atoms with van der Waals surface area (Å²) in [6, 6.07) is 0. The Balaban J connectivity index is 2.25. The van der Waals surface area contributed by atoms with Gasteiger partial charge in [0.2, 0.25) is 5.91 Å². The molecule has 0 radical (unpaired) electrons. The molecule has 1 amide bonds.